The van der Waals surface area contributed by atoms with Crippen LogP contribution >= 0.6 is 0 Å². The van der Waals surface area contributed by atoms with E-state index in [2.05, 4.69) is 0 Å². The van der Waals surface area contributed by atoms with Gasteiger partial charge < -0.3 is 10.8 Å². The van der Waals surface area contributed by atoms with Crippen LogP contribution in [0.3, 0.4) is 0 Å². The minimum atomic E-state index is -3.75. The van der Waals surface area contributed by atoms with Crippen LogP contribution in [0, 0.1) is 5.82 Å². The van der Waals surface area contributed by atoms with Gasteiger partial charge in [-0.25, -0.2) is 12.8 Å². The predicted octanol–water partition coefficient (Wildman–Crippen LogP) is 0.943. The van der Waals surface area contributed by atoms with Gasteiger partial charge in [0, 0.05) is 13.1 Å². The summed E-state index contributed by atoms with van der Waals surface area (Å²) < 4.78 is 38.8. The highest BCUT2D eigenvalue weighted by molar-refractivity contribution is 7.89. The molecule has 106 valence electrons. The average Bonchev–Trinajstić information content (AvgIpc) is 2.29. The van der Waals surface area contributed by atoms with E-state index < -0.39 is 21.4 Å². The van der Waals surface area contributed by atoms with Crippen molar-refractivity contribution in [1.29, 1.82) is 0 Å². The Kier molecular flexibility index (Phi) is 3.55. The molecule has 0 unspecified atom stereocenters. The normalized spacial score (nSPS) is 19.1. The van der Waals surface area contributed by atoms with E-state index in [9.17, 15) is 17.9 Å². The van der Waals surface area contributed by atoms with E-state index in [1.54, 1.807) is 0 Å². The number of rotatable bonds is 4. The van der Waals surface area contributed by atoms with Crippen molar-refractivity contribution < 1.29 is 17.9 Å². The smallest absolute Gasteiger partial charge is 0.243 e. The van der Waals surface area contributed by atoms with Crippen LogP contribution < -0.4 is 5.73 Å². The van der Waals surface area contributed by atoms with Crippen molar-refractivity contribution in [1.82, 2.24) is 4.31 Å². The first kappa shape index (κ1) is 14.2. The number of hydrogen-bond donors (Lipinski definition) is 2. The van der Waals surface area contributed by atoms with Gasteiger partial charge in [0.25, 0.3) is 0 Å². The van der Waals surface area contributed by atoms with E-state index in [1.165, 1.54) is 12.1 Å². The molecule has 7 heteroatoms. The van der Waals surface area contributed by atoms with Gasteiger partial charge in [-0.15, -0.1) is 0 Å². The van der Waals surface area contributed by atoms with Crippen molar-refractivity contribution in [3.05, 3.63) is 24.0 Å². The van der Waals surface area contributed by atoms with Crippen molar-refractivity contribution in [2.45, 2.75) is 30.3 Å². The summed E-state index contributed by atoms with van der Waals surface area (Å²) in [5.74, 6) is -0.759. The Morgan fingerprint density at radius 3 is 2.63 bits per heavy atom. The minimum Gasteiger partial charge on any atom is -0.396 e. The first-order valence-corrected chi connectivity index (χ1v) is 7.50. The van der Waals surface area contributed by atoms with E-state index in [1.807, 2.05) is 6.92 Å². The molecule has 1 aliphatic rings. The second kappa shape index (κ2) is 4.73. The SMILES string of the molecule is CCCC1(O)CN(S(=O)(=O)c2ccc(N)c(F)c2)C1. The number of anilines is 1. The number of nitrogens with zero attached hydrogens (tertiary/aromatic N) is 1. The predicted molar refractivity (Wildman–Crippen MR) is 69.4 cm³/mol. The minimum absolute atomic E-state index is 0.0508. The average molecular weight is 288 g/mol. The van der Waals surface area contributed by atoms with Crippen molar-refractivity contribution in [3.63, 3.8) is 0 Å². The molecule has 5 nitrogen and oxygen atoms in total. The number of aliphatic hydroxyl groups is 1. The van der Waals surface area contributed by atoms with E-state index >= 15 is 0 Å². The fourth-order valence-electron chi connectivity index (χ4n) is 2.22. The van der Waals surface area contributed by atoms with Crippen LogP contribution in [0.2, 0.25) is 0 Å². The zero-order valence-electron chi connectivity index (χ0n) is 10.6. The third-order valence-electron chi connectivity index (χ3n) is 3.27. The van der Waals surface area contributed by atoms with Crippen LogP contribution in [0.5, 0.6) is 0 Å². The summed E-state index contributed by atoms with van der Waals surface area (Å²) in [6.45, 7) is 2.02. The summed E-state index contributed by atoms with van der Waals surface area (Å²) in [4.78, 5) is -0.141. The van der Waals surface area contributed by atoms with E-state index in [0.717, 1.165) is 16.8 Å². The molecule has 1 aliphatic heterocycles. The number of sulfonamides is 1. The van der Waals surface area contributed by atoms with Gasteiger partial charge in [-0.1, -0.05) is 13.3 Å². The van der Waals surface area contributed by atoms with Crippen LogP contribution in [-0.4, -0.2) is 36.5 Å². The highest BCUT2D eigenvalue weighted by atomic mass is 32.2. The highest BCUT2D eigenvalue weighted by Crippen LogP contribution is 2.31. The summed E-state index contributed by atoms with van der Waals surface area (Å²) in [7, 11) is -3.75. The lowest BCUT2D eigenvalue weighted by molar-refractivity contribution is -0.0653. The molecule has 0 spiro atoms. The second-order valence-corrected chi connectivity index (χ2v) is 6.87. The second-order valence-electron chi connectivity index (χ2n) is 4.93. The standard InChI is InChI=1S/C12H17FN2O3S/c1-2-5-12(16)7-15(8-12)19(17,18)9-3-4-11(14)10(13)6-9/h3-4,6,16H,2,5,7-8,14H2,1H3. The monoisotopic (exact) mass is 288 g/mol. The Morgan fingerprint density at radius 1 is 1.47 bits per heavy atom. The molecular formula is C12H17FN2O3S. The molecule has 0 aromatic heterocycles. The van der Waals surface area contributed by atoms with Crippen LogP contribution in [0.4, 0.5) is 10.1 Å². The zero-order chi connectivity index (χ0) is 14.3. The molecule has 0 atom stereocenters. The van der Waals surface area contributed by atoms with Crippen LogP contribution in [0.15, 0.2) is 23.1 Å². The lowest BCUT2D eigenvalue weighted by atomic mass is 9.92. The maximum absolute atomic E-state index is 13.3. The molecule has 2 rings (SSSR count). The first-order chi connectivity index (χ1) is 8.78. The number of halogens is 1. The Balaban J connectivity index is 2.19. The van der Waals surface area contributed by atoms with Gasteiger partial charge >= 0.3 is 0 Å². The van der Waals surface area contributed by atoms with Crippen LogP contribution in [0.25, 0.3) is 0 Å². The van der Waals surface area contributed by atoms with Crippen molar-refractivity contribution in [2.24, 2.45) is 0 Å². The molecule has 1 saturated heterocycles. The third kappa shape index (κ3) is 2.58. The van der Waals surface area contributed by atoms with Gasteiger partial charge in [0.05, 0.1) is 16.2 Å². The van der Waals surface area contributed by atoms with E-state index in [0.29, 0.717) is 6.42 Å². The molecule has 1 aromatic rings. The molecule has 0 radical (unpaired) electrons. The van der Waals surface area contributed by atoms with Crippen molar-refractivity contribution in [2.75, 3.05) is 18.8 Å². The largest absolute Gasteiger partial charge is 0.396 e. The molecule has 1 heterocycles. The summed E-state index contributed by atoms with van der Waals surface area (Å²) >= 11 is 0. The lowest BCUT2D eigenvalue weighted by Gasteiger charge is -2.45. The molecule has 0 amide bonds. The van der Waals surface area contributed by atoms with Crippen molar-refractivity contribution >= 4 is 15.7 Å². The molecule has 3 N–H and O–H groups in total. The molecule has 0 saturated carbocycles. The van der Waals surface area contributed by atoms with E-state index in [4.69, 9.17) is 5.73 Å². The molecule has 1 fully saturated rings. The van der Waals surface area contributed by atoms with Gasteiger partial charge in [0.2, 0.25) is 10.0 Å². The number of benzene rings is 1. The molecule has 0 bridgehead atoms. The Bertz CT molecular complexity index is 583. The summed E-state index contributed by atoms with van der Waals surface area (Å²) in [5.41, 5.74) is 4.27. The number of nitrogen functional groups attached to an aromatic ring is 1. The third-order valence-corrected chi connectivity index (χ3v) is 5.05. The Morgan fingerprint density at radius 2 is 2.11 bits per heavy atom. The summed E-state index contributed by atoms with van der Waals surface area (Å²) in [6.07, 6.45) is 1.33. The van der Waals surface area contributed by atoms with Crippen LogP contribution in [0.1, 0.15) is 19.8 Å². The number of β-amino-alcohol motifs (C(OH)–C–C–N with tert-alkyl or cyclic N) is 1. The van der Waals surface area contributed by atoms with E-state index in [-0.39, 0.29) is 23.7 Å². The molecule has 19 heavy (non-hydrogen) atoms. The fourth-order valence-corrected chi connectivity index (χ4v) is 3.83. The van der Waals surface area contributed by atoms with Gasteiger partial charge in [-0.05, 0) is 24.6 Å². The van der Waals surface area contributed by atoms with Crippen molar-refractivity contribution in [3.8, 4) is 0 Å². The summed E-state index contributed by atoms with van der Waals surface area (Å²) in [6, 6.07) is 3.40. The molecule has 1 aromatic carbocycles. The van der Waals surface area contributed by atoms with Gasteiger partial charge in [0.1, 0.15) is 5.82 Å². The maximum atomic E-state index is 13.3. The van der Waals surface area contributed by atoms with Gasteiger partial charge in [-0.3, -0.25) is 0 Å². The Labute approximate surface area is 111 Å². The Hall–Kier alpha value is -1.18. The number of nitrogens with two attached hydrogens (primary N) is 1. The maximum Gasteiger partial charge on any atom is 0.243 e. The summed E-state index contributed by atoms with van der Waals surface area (Å²) in [5, 5.41) is 9.99. The topological polar surface area (TPSA) is 83.6 Å². The molecule has 0 aliphatic carbocycles. The first-order valence-electron chi connectivity index (χ1n) is 6.06. The lowest BCUT2D eigenvalue weighted by Crippen LogP contribution is -2.63. The molecular weight excluding hydrogens is 271 g/mol. The quantitative estimate of drug-likeness (QED) is 0.808. The fraction of sp³-hybridized carbons (Fsp3) is 0.500. The van der Waals surface area contributed by atoms with Gasteiger partial charge in [-0.2, -0.15) is 4.31 Å². The zero-order valence-corrected chi connectivity index (χ0v) is 11.5. The highest BCUT2D eigenvalue weighted by Gasteiger charge is 2.46. The number of hydrogen-bond acceptors (Lipinski definition) is 4. The van der Waals surface area contributed by atoms with Gasteiger partial charge in [0.15, 0.2) is 0 Å². The van der Waals surface area contributed by atoms with Crippen LogP contribution in [-0.2, 0) is 10.0 Å².